The highest BCUT2D eigenvalue weighted by Crippen LogP contribution is 2.19. The van der Waals surface area contributed by atoms with Gasteiger partial charge < -0.3 is 42.6 Å². The van der Waals surface area contributed by atoms with Crippen molar-refractivity contribution in [2.45, 2.75) is 51.1 Å². The summed E-state index contributed by atoms with van der Waals surface area (Å²) >= 11 is 1.79. The molecule has 0 radical (unpaired) electrons. The number of aliphatic carboxylic acids is 1. The number of aliphatic imine (C=N–C) groups is 1. The molecule has 0 aliphatic rings. The van der Waals surface area contributed by atoms with Gasteiger partial charge in [0.05, 0.1) is 30.9 Å². The number of thioether (sulfide) groups is 1. The molecule has 9 N–H and O–H groups in total. The molecule has 1 aromatic carbocycles. The molecule has 260 valence electrons. The van der Waals surface area contributed by atoms with Crippen molar-refractivity contribution in [2.24, 2.45) is 10.7 Å². The Balaban J connectivity index is 1.36. The summed E-state index contributed by atoms with van der Waals surface area (Å²) < 4.78 is 5.54. The highest BCUT2D eigenvalue weighted by molar-refractivity contribution is 7.98. The number of hydrogen-bond donors (Lipinski definition) is 6. The monoisotopic (exact) mass is 683 g/mol. The van der Waals surface area contributed by atoms with Crippen molar-refractivity contribution in [2.75, 3.05) is 61.7 Å². The maximum absolute atomic E-state index is 12.8. The molecule has 48 heavy (non-hydrogen) atoms. The second-order valence-electron chi connectivity index (χ2n) is 10.9. The standard InChI is InChI=1S/C31H45N11O5S/c1-42(19-21-18-37-28-26(38-21)27(33)40-31(34)41-28)22-9-7-20(8-10-22)29(44)39-23(30(45)46)11-12-25(43)36-14-16-47-15-4-3-13-35-24(32)6-5-17-48-2/h7-10,18,23H,3-6,11-17,19H2,1-2H3,(H2,32,35)(H,36,43)(H,39,44)(H,45,46)(H4,33,34,37,40,41). The van der Waals surface area contributed by atoms with Gasteiger partial charge >= 0.3 is 5.97 Å². The third-order valence-corrected chi connectivity index (χ3v) is 7.79. The number of nitrogens with two attached hydrogens (primary N) is 3. The van der Waals surface area contributed by atoms with Gasteiger partial charge in [0.15, 0.2) is 17.0 Å². The number of carboxylic acids is 1. The zero-order valence-electron chi connectivity index (χ0n) is 27.4. The molecule has 2 aromatic heterocycles. The Labute approximate surface area is 283 Å². The summed E-state index contributed by atoms with van der Waals surface area (Å²) in [5, 5.41) is 14.8. The topological polar surface area (TPSA) is 250 Å². The first-order chi connectivity index (χ1) is 23.1. The van der Waals surface area contributed by atoms with E-state index >= 15 is 0 Å². The fourth-order valence-electron chi connectivity index (χ4n) is 4.50. The number of amidine groups is 1. The van der Waals surface area contributed by atoms with Gasteiger partial charge in [-0.05, 0) is 62.0 Å². The zero-order valence-corrected chi connectivity index (χ0v) is 28.2. The molecular weight excluding hydrogens is 638 g/mol. The van der Waals surface area contributed by atoms with Crippen molar-refractivity contribution in [3.8, 4) is 0 Å². The SMILES string of the molecule is CSCCCC(N)=NCCCCOCCNC(=O)CCC(NC(=O)c1ccc(N(C)Cc2cnc3nc(N)nc(N)c3n2)cc1)C(=O)O. The highest BCUT2D eigenvalue weighted by atomic mass is 32.2. The van der Waals surface area contributed by atoms with Crippen LogP contribution in [0.4, 0.5) is 17.5 Å². The van der Waals surface area contributed by atoms with Gasteiger partial charge in [0, 0.05) is 50.8 Å². The van der Waals surface area contributed by atoms with E-state index in [-0.39, 0.29) is 36.1 Å². The third-order valence-electron chi connectivity index (χ3n) is 7.10. The van der Waals surface area contributed by atoms with Crippen molar-refractivity contribution in [3.05, 3.63) is 41.7 Å². The molecule has 0 fully saturated rings. The molecule has 1 unspecified atom stereocenters. The number of nitrogens with one attached hydrogen (secondary N) is 2. The van der Waals surface area contributed by atoms with E-state index in [9.17, 15) is 19.5 Å². The maximum atomic E-state index is 12.8. The van der Waals surface area contributed by atoms with E-state index in [1.54, 1.807) is 42.2 Å². The number of rotatable bonds is 21. The number of amides is 2. The Bertz CT molecular complexity index is 1540. The Morgan fingerprint density at radius 3 is 2.56 bits per heavy atom. The van der Waals surface area contributed by atoms with Crippen LogP contribution in [-0.2, 0) is 20.9 Å². The number of anilines is 3. The second kappa shape index (κ2) is 19.8. The molecule has 0 aliphatic heterocycles. The van der Waals surface area contributed by atoms with E-state index in [1.807, 2.05) is 11.9 Å². The lowest BCUT2D eigenvalue weighted by molar-refractivity contribution is -0.139. The number of nitrogen functional groups attached to an aromatic ring is 2. The minimum absolute atomic E-state index is 0.0171. The summed E-state index contributed by atoms with van der Waals surface area (Å²) in [6.45, 7) is 2.23. The molecule has 16 nitrogen and oxygen atoms in total. The highest BCUT2D eigenvalue weighted by Gasteiger charge is 2.22. The van der Waals surface area contributed by atoms with Gasteiger partial charge in [0.25, 0.3) is 5.91 Å². The second-order valence-corrected chi connectivity index (χ2v) is 11.9. The number of fused-ring (bicyclic) bond motifs is 1. The number of carboxylic acid groups (broad SMARTS) is 1. The molecule has 0 bridgehead atoms. The fourth-order valence-corrected chi connectivity index (χ4v) is 4.94. The van der Waals surface area contributed by atoms with E-state index in [1.165, 1.54) is 0 Å². The van der Waals surface area contributed by atoms with Crippen LogP contribution >= 0.6 is 11.8 Å². The molecule has 0 aliphatic carbocycles. The number of ether oxygens (including phenoxy) is 1. The molecule has 17 heteroatoms. The zero-order chi connectivity index (χ0) is 34.9. The predicted octanol–water partition coefficient (Wildman–Crippen LogP) is 1.60. The first kappa shape index (κ1) is 37.7. The van der Waals surface area contributed by atoms with E-state index in [0.29, 0.717) is 55.5 Å². The first-order valence-corrected chi connectivity index (χ1v) is 17.0. The summed E-state index contributed by atoms with van der Waals surface area (Å²) in [7, 11) is 1.84. The average molecular weight is 684 g/mol. The van der Waals surface area contributed by atoms with Gasteiger partial charge in [-0.1, -0.05) is 0 Å². The number of carbonyl (C=O) groups is 3. The summed E-state index contributed by atoms with van der Waals surface area (Å²) in [6.07, 6.45) is 7.05. The first-order valence-electron chi connectivity index (χ1n) is 15.6. The van der Waals surface area contributed by atoms with E-state index in [2.05, 4.69) is 41.8 Å². The van der Waals surface area contributed by atoms with Gasteiger partial charge in [0.2, 0.25) is 11.9 Å². The summed E-state index contributed by atoms with van der Waals surface area (Å²) in [5.41, 5.74) is 19.7. The molecule has 1 atom stereocenters. The fraction of sp³-hybridized carbons (Fsp3) is 0.484. The van der Waals surface area contributed by atoms with Crippen LogP contribution in [0.3, 0.4) is 0 Å². The van der Waals surface area contributed by atoms with Gasteiger partial charge in [-0.3, -0.25) is 14.6 Å². The number of unbranched alkanes of at least 4 members (excludes halogenated alkanes) is 1. The average Bonchev–Trinajstić information content (AvgIpc) is 3.06. The molecule has 0 saturated carbocycles. The smallest absolute Gasteiger partial charge is 0.326 e. The van der Waals surface area contributed by atoms with E-state index in [0.717, 1.165) is 37.1 Å². The van der Waals surface area contributed by atoms with Crippen molar-refractivity contribution in [3.63, 3.8) is 0 Å². The van der Waals surface area contributed by atoms with Crippen molar-refractivity contribution in [1.29, 1.82) is 0 Å². The van der Waals surface area contributed by atoms with Crippen LogP contribution in [0.15, 0.2) is 35.5 Å². The van der Waals surface area contributed by atoms with Crippen molar-refractivity contribution in [1.82, 2.24) is 30.6 Å². The third kappa shape index (κ3) is 12.8. The normalized spacial score (nSPS) is 12.1. The van der Waals surface area contributed by atoms with Gasteiger partial charge in [-0.25, -0.2) is 14.8 Å². The number of aromatic nitrogens is 4. The lowest BCUT2D eigenvalue weighted by atomic mass is 10.1. The lowest BCUT2D eigenvalue weighted by Crippen LogP contribution is -2.41. The lowest BCUT2D eigenvalue weighted by Gasteiger charge is -2.19. The minimum Gasteiger partial charge on any atom is -0.480 e. The summed E-state index contributed by atoms with van der Waals surface area (Å²) in [5.74, 6) is -0.202. The van der Waals surface area contributed by atoms with Crippen LogP contribution in [-0.4, -0.2) is 100 Å². The molecule has 3 aromatic rings. The van der Waals surface area contributed by atoms with E-state index < -0.39 is 17.9 Å². The molecular formula is C31H45N11O5S. The van der Waals surface area contributed by atoms with Gasteiger partial charge in [-0.2, -0.15) is 21.7 Å². The van der Waals surface area contributed by atoms with Crippen LogP contribution < -0.4 is 32.7 Å². The van der Waals surface area contributed by atoms with Crippen LogP contribution in [0, 0.1) is 0 Å². The Kier molecular flexibility index (Phi) is 15.5. The van der Waals surface area contributed by atoms with Crippen molar-refractivity contribution >= 4 is 64.0 Å². The molecule has 3 rings (SSSR count). The molecule has 2 amide bonds. The van der Waals surface area contributed by atoms with Crippen LogP contribution in [0.1, 0.15) is 54.6 Å². The van der Waals surface area contributed by atoms with Crippen LogP contribution in [0.5, 0.6) is 0 Å². The molecule has 0 spiro atoms. The Morgan fingerprint density at radius 1 is 1.06 bits per heavy atom. The van der Waals surface area contributed by atoms with E-state index in [4.69, 9.17) is 21.9 Å². The number of nitrogens with zero attached hydrogens (tertiary/aromatic N) is 6. The van der Waals surface area contributed by atoms with Gasteiger partial charge in [0.1, 0.15) is 6.04 Å². The van der Waals surface area contributed by atoms with Crippen LogP contribution in [0.2, 0.25) is 0 Å². The number of carbonyl (C=O) groups excluding carboxylic acids is 2. The quantitative estimate of drug-likeness (QED) is 0.0530. The maximum Gasteiger partial charge on any atom is 0.326 e. The predicted molar refractivity (Wildman–Crippen MR) is 188 cm³/mol. The Morgan fingerprint density at radius 2 is 1.83 bits per heavy atom. The minimum atomic E-state index is -1.23. The van der Waals surface area contributed by atoms with Crippen molar-refractivity contribution < 1.29 is 24.2 Å². The number of hydrogen-bond acceptors (Lipinski definition) is 13. The van der Waals surface area contributed by atoms with Crippen LogP contribution in [0.25, 0.3) is 11.2 Å². The van der Waals surface area contributed by atoms with Gasteiger partial charge in [-0.15, -0.1) is 0 Å². The molecule has 2 heterocycles. The molecule has 0 saturated heterocycles. The summed E-state index contributed by atoms with van der Waals surface area (Å²) in [4.78, 5) is 59.8. The largest absolute Gasteiger partial charge is 0.480 e. The Hall–Kier alpha value is -4.77. The summed E-state index contributed by atoms with van der Waals surface area (Å²) in [6, 6.07) is 5.40. The number of benzene rings is 1.